The van der Waals surface area contributed by atoms with Gasteiger partial charge in [-0.3, -0.25) is 4.99 Å². The van der Waals surface area contributed by atoms with Gasteiger partial charge in [0.05, 0.1) is 19.2 Å². The van der Waals surface area contributed by atoms with Crippen LogP contribution >= 0.6 is 0 Å². The summed E-state index contributed by atoms with van der Waals surface area (Å²) in [4.78, 5) is 16.8. The highest BCUT2D eigenvalue weighted by molar-refractivity contribution is 6.19. The van der Waals surface area contributed by atoms with Gasteiger partial charge in [0, 0.05) is 13.1 Å². The number of amidine groups is 1. The van der Waals surface area contributed by atoms with Gasteiger partial charge >= 0.3 is 18.3 Å². The minimum absolute atomic E-state index is 0.00481. The number of carbonyl (C=O) groups is 1. The van der Waals surface area contributed by atoms with E-state index in [-0.39, 0.29) is 18.7 Å². The molecular weight excluding hydrogens is 380 g/mol. The maximum atomic E-state index is 13.1. The van der Waals surface area contributed by atoms with Crippen LogP contribution in [-0.2, 0) is 22.3 Å². The predicted molar refractivity (Wildman–Crippen MR) is 83.4 cm³/mol. The van der Waals surface area contributed by atoms with Crippen LogP contribution in [-0.4, -0.2) is 43.1 Å². The van der Waals surface area contributed by atoms with Crippen LogP contribution in [0.4, 0.5) is 26.3 Å². The lowest BCUT2D eigenvalue weighted by Crippen LogP contribution is -2.36. The molecule has 1 heterocycles. The number of esters is 1. The van der Waals surface area contributed by atoms with Gasteiger partial charge in [-0.15, -0.1) is 0 Å². The molecule has 0 unspecified atom stereocenters. The van der Waals surface area contributed by atoms with E-state index in [1.165, 1.54) is 18.2 Å². The number of carbonyl (C=O) groups excluding carboxylic acids is 1. The van der Waals surface area contributed by atoms with Crippen molar-refractivity contribution in [3.05, 3.63) is 46.7 Å². The summed E-state index contributed by atoms with van der Waals surface area (Å²) in [6, 6.07) is 4.64. The minimum Gasteiger partial charge on any atom is -0.465 e. The summed E-state index contributed by atoms with van der Waals surface area (Å²) < 4.78 is 82.8. The van der Waals surface area contributed by atoms with Crippen LogP contribution in [0.3, 0.4) is 0 Å². The first-order valence-corrected chi connectivity index (χ1v) is 7.57. The normalized spacial score (nSPS) is 16.1. The molecule has 0 saturated heterocycles. The van der Waals surface area contributed by atoms with Crippen LogP contribution in [0.25, 0.3) is 0 Å². The van der Waals surface area contributed by atoms with E-state index in [0.717, 1.165) is 18.1 Å². The molecule has 11 heteroatoms. The molecule has 0 saturated carbocycles. The number of halogens is 6. The third kappa shape index (κ3) is 4.52. The van der Waals surface area contributed by atoms with E-state index in [4.69, 9.17) is 5.73 Å². The third-order valence-electron chi connectivity index (χ3n) is 3.80. The number of aliphatic imine (C=N–C) groups is 1. The Morgan fingerprint density at radius 2 is 1.85 bits per heavy atom. The molecule has 1 aliphatic heterocycles. The fourth-order valence-electron chi connectivity index (χ4n) is 2.58. The van der Waals surface area contributed by atoms with Crippen molar-refractivity contribution in [2.75, 3.05) is 20.2 Å². The second kappa shape index (κ2) is 7.49. The molecule has 1 aliphatic rings. The molecule has 2 N–H and O–H groups in total. The van der Waals surface area contributed by atoms with Crippen molar-refractivity contribution in [3.63, 3.8) is 0 Å². The minimum atomic E-state index is -5.04. The number of alkyl halides is 6. The molecule has 0 fully saturated rings. The van der Waals surface area contributed by atoms with Crippen molar-refractivity contribution in [1.29, 1.82) is 0 Å². The number of hydrogen-bond donors (Lipinski definition) is 1. The Morgan fingerprint density at radius 1 is 1.22 bits per heavy atom. The molecule has 1 aromatic carbocycles. The Kier molecular flexibility index (Phi) is 5.71. The molecule has 27 heavy (non-hydrogen) atoms. The summed E-state index contributed by atoms with van der Waals surface area (Å²) in [5, 5.41) is 0. The Bertz CT molecular complexity index is 783. The highest BCUT2D eigenvalue weighted by atomic mass is 19.4. The number of nitrogens with zero attached hydrogens (tertiary/aromatic N) is 2. The molecule has 0 amide bonds. The molecule has 0 atom stereocenters. The van der Waals surface area contributed by atoms with E-state index in [1.807, 2.05) is 0 Å². The third-order valence-corrected chi connectivity index (χ3v) is 3.80. The summed E-state index contributed by atoms with van der Waals surface area (Å²) in [7, 11) is 0.866. The quantitative estimate of drug-likeness (QED) is 0.484. The van der Waals surface area contributed by atoms with Crippen molar-refractivity contribution in [1.82, 2.24) is 4.90 Å². The Balaban J connectivity index is 2.44. The first-order valence-electron chi connectivity index (χ1n) is 7.57. The van der Waals surface area contributed by atoms with Crippen molar-refractivity contribution >= 4 is 11.8 Å². The molecule has 2 rings (SSSR count). The SMILES string of the molecule is COC(=O)C(C1=NCCN1Cc1ccccc1C(F)(F)F)=C(N)C(F)(F)F. The highest BCUT2D eigenvalue weighted by Gasteiger charge is 2.41. The largest absolute Gasteiger partial charge is 0.465 e. The van der Waals surface area contributed by atoms with Gasteiger partial charge in [-0.25, -0.2) is 4.79 Å². The topological polar surface area (TPSA) is 67.9 Å². The number of rotatable bonds is 4. The average Bonchev–Trinajstić information content (AvgIpc) is 3.01. The van der Waals surface area contributed by atoms with Gasteiger partial charge < -0.3 is 15.4 Å². The monoisotopic (exact) mass is 395 g/mol. The number of benzene rings is 1. The Hall–Kier alpha value is -2.72. The molecule has 0 aromatic heterocycles. The van der Waals surface area contributed by atoms with E-state index >= 15 is 0 Å². The standard InChI is InChI=1S/C16H15F6N3O2/c1-27-14(26)11(12(23)16(20,21)22)13-24-6-7-25(13)8-9-4-2-3-5-10(9)15(17,18)19/h2-5H,6-8,23H2,1H3. The smallest absolute Gasteiger partial charge is 0.431 e. The van der Waals surface area contributed by atoms with Crippen molar-refractivity contribution in [2.24, 2.45) is 10.7 Å². The van der Waals surface area contributed by atoms with Gasteiger partial charge in [0.2, 0.25) is 0 Å². The summed E-state index contributed by atoms with van der Waals surface area (Å²) in [5.74, 6) is -1.83. The second-order valence-electron chi connectivity index (χ2n) is 5.56. The number of methoxy groups -OCH3 is 1. The van der Waals surface area contributed by atoms with Crippen LogP contribution < -0.4 is 5.73 Å². The zero-order valence-corrected chi connectivity index (χ0v) is 14.0. The van der Waals surface area contributed by atoms with Crippen LogP contribution in [0.2, 0.25) is 0 Å². The number of hydrogen-bond acceptors (Lipinski definition) is 5. The number of nitrogens with two attached hydrogens (primary N) is 1. The van der Waals surface area contributed by atoms with Gasteiger partial charge in [-0.1, -0.05) is 18.2 Å². The molecule has 148 valence electrons. The van der Waals surface area contributed by atoms with E-state index < -0.39 is 47.5 Å². The van der Waals surface area contributed by atoms with E-state index in [2.05, 4.69) is 9.73 Å². The summed E-state index contributed by atoms with van der Waals surface area (Å²) in [5.41, 5.74) is 1.23. The molecular formula is C16H15F6N3O2. The average molecular weight is 395 g/mol. The fraction of sp³-hybridized carbons (Fsp3) is 0.375. The lowest BCUT2D eigenvalue weighted by Gasteiger charge is -2.24. The summed E-state index contributed by atoms with van der Waals surface area (Å²) >= 11 is 0. The Labute approximate surface area is 150 Å². The summed E-state index contributed by atoms with van der Waals surface area (Å²) in [6.45, 7) is -0.386. The van der Waals surface area contributed by atoms with Crippen molar-refractivity contribution in [3.8, 4) is 0 Å². The molecule has 1 aromatic rings. The number of ether oxygens (including phenoxy) is 1. The fourth-order valence-corrected chi connectivity index (χ4v) is 2.58. The molecule has 0 bridgehead atoms. The van der Waals surface area contributed by atoms with Gasteiger partial charge in [-0.05, 0) is 11.6 Å². The van der Waals surface area contributed by atoms with Crippen molar-refractivity contribution in [2.45, 2.75) is 18.9 Å². The zero-order valence-electron chi connectivity index (χ0n) is 14.0. The van der Waals surface area contributed by atoms with Gasteiger partial charge in [-0.2, -0.15) is 26.3 Å². The Morgan fingerprint density at radius 3 is 2.41 bits per heavy atom. The highest BCUT2D eigenvalue weighted by Crippen LogP contribution is 2.33. The van der Waals surface area contributed by atoms with Crippen LogP contribution in [0.1, 0.15) is 11.1 Å². The lowest BCUT2D eigenvalue weighted by atomic mass is 10.1. The lowest BCUT2D eigenvalue weighted by molar-refractivity contribution is -0.138. The first kappa shape index (κ1) is 20.6. The van der Waals surface area contributed by atoms with Crippen LogP contribution in [0, 0.1) is 0 Å². The zero-order chi connectivity index (χ0) is 20.4. The predicted octanol–water partition coefficient (Wildman–Crippen LogP) is 2.87. The second-order valence-corrected chi connectivity index (χ2v) is 5.56. The van der Waals surface area contributed by atoms with Crippen molar-refractivity contribution < 1.29 is 35.9 Å². The van der Waals surface area contributed by atoms with E-state index in [0.29, 0.717) is 0 Å². The maximum Gasteiger partial charge on any atom is 0.431 e. The molecule has 5 nitrogen and oxygen atoms in total. The van der Waals surface area contributed by atoms with E-state index in [1.54, 1.807) is 0 Å². The van der Waals surface area contributed by atoms with Crippen LogP contribution in [0.5, 0.6) is 0 Å². The van der Waals surface area contributed by atoms with Gasteiger partial charge in [0.25, 0.3) is 0 Å². The molecule has 0 aliphatic carbocycles. The first-order chi connectivity index (χ1) is 12.5. The number of allylic oxidation sites excluding steroid dienone is 1. The van der Waals surface area contributed by atoms with E-state index in [9.17, 15) is 31.1 Å². The van der Waals surface area contributed by atoms with Gasteiger partial charge in [0.1, 0.15) is 17.1 Å². The van der Waals surface area contributed by atoms with Gasteiger partial charge in [0.15, 0.2) is 0 Å². The molecule has 0 spiro atoms. The van der Waals surface area contributed by atoms with Crippen LogP contribution in [0.15, 0.2) is 40.5 Å². The maximum absolute atomic E-state index is 13.1. The molecule has 0 radical (unpaired) electrons. The summed E-state index contributed by atoms with van der Waals surface area (Å²) in [6.07, 6.45) is -9.68.